The van der Waals surface area contributed by atoms with Gasteiger partial charge in [-0.3, -0.25) is 0 Å². The zero-order chi connectivity index (χ0) is 9.97. The van der Waals surface area contributed by atoms with E-state index in [1.54, 1.807) is 0 Å². The zero-order valence-electron chi connectivity index (χ0n) is 6.32. The Balaban J connectivity index is 2.59. The number of nitroso groups, excluding NO2 is 2. The van der Waals surface area contributed by atoms with Crippen LogP contribution in [0.5, 0.6) is 0 Å². The second-order valence-electron chi connectivity index (χ2n) is 2.06. The molecule has 14 heavy (non-hydrogen) atoms. The van der Waals surface area contributed by atoms with Crippen LogP contribution in [-0.2, 0) is 0 Å². The van der Waals surface area contributed by atoms with Gasteiger partial charge in [0.25, 0.3) is 11.6 Å². The molecule has 0 radical (unpaired) electrons. The SMILES string of the molecule is O=Nc1nonc1-c1nonc1N=O. The summed E-state index contributed by atoms with van der Waals surface area (Å²) in [5.41, 5.74) is -0.285. The molecule has 0 saturated heterocycles. The molecule has 0 amide bonds. The predicted molar refractivity (Wildman–Crippen MR) is 38.5 cm³/mol. The fraction of sp³-hybridized carbons (Fsp3) is 0. The molecule has 0 bridgehead atoms. The first kappa shape index (κ1) is 8.10. The van der Waals surface area contributed by atoms with Gasteiger partial charge in [-0.2, -0.15) is 0 Å². The molecule has 0 aliphatic rings. The van der Waals surface area contributed by atoms with Crippen molar-refractivity contribution in [2.24, 2.45) is 10.4 Å². The Kier molecular flexibility index (Phi) is 1.78. The summed E-state index contributed by atoms with van der Waals surface area (Å²) in [6.45, 7) is 0. The lowest BCUT2D eigenvalue weighted by Crippen LogP contribution is -1.77. The second kappa shape index (κ2) is 3.08. The van der Waals surface area contributed by atoms with Crippen molar-refractivity contribution in [2.45, 2.75) is 0 Å². The van der Waals surface area contributed by atoms with Crippen LogP contribution in [0.4, 0.5) is 11.6 Å². The molecule has 2 aromatic rings. The van der Waals surface area contributed by atoms with Gasteiger partial charge in [0, 0.05) is 0 Å². The van der Waals surface area contributed by atoms with Gasteiger partial charge >= 0.3 is 0 Å². The summed E-state index contributed by atoms with van der Waals surface area (Å²) in [4.78, 5) is 20.4. The van der Waals surface area contributed by atoms with E-state index in [2.05, 4.69) is 40.2 Å². The molecule has 0 fully saturated rings. The quantitative estimate of drug-likeness (QED) is 0.660. The van der Waals surface area contributed by atoms with Crippen LogP contribution >= 0.6 is 0 Å². The second-order valence-corrected chi connectivity index (χ2v) is 2.06. The lowest BCUT2D eigenvalue weighted by atomic mass is 10.3. The summed E-state index contributed by atoms with van der Waals surface area (Å²) < 4.78 is 8.43. The van der Waals surface area contributed by atoms with Crippen molar-refractivity contribution >= 4 is 11.6 Å². The van der Waals surface area contributed by atoms with Crippen molar-refractivity contribution in [2.75, 3.05) is 0 Å². The van der Waals surface area contributed by atoms with E-state index in [4.69, 9.17) is 0 Å². The Bertz CT molecular complexity index is 429. The van der Waals surface area contributed by atoms with Crippen molar-refractivity contribution in [3.8, 4) is 11.4 Å². The van der Waals surface area contributed by atoms with E-state index in [0.29, 0.717) is 0 Å². The van der Waals surface area contributed by atoms with E-state index in [0.717, 1.165) is 0 Å². The maximum absolute atomic E-state index is 10.2. The van der Waals surface area contributed by atoms with Gasteiger partial charge in [0.15, 0.2) is 11.4 Å². The third-order valence-electron chi connectivity index (χ3n) is 1.34. The fourth-order valence-electron chi connectivity index (χ4n) is 0.786. The average Bonchev–Trinajstić information content (AvgIpc) is 2.85. The average molecular weight is 196 g/mol. The van der Waals surface area contributed by atoms with E-state index in [1.807, 2.05) is 0 Å². The molecule has 0 unspecified atom stereocenters. The third kappa shape index (κ3) is 1.05. The summed E-state index contributed by atoms with van der Waals surface area (Å²) in [6.07, 6.45) is 0. The molecular formula is C4N6O4. The summed E-state index contributed by atoms with van der Waals surface area (Å²) >= 11 is 0. The Morgan fingerprint density at radius 3 is 1.57 bits per heavy atom. The monoisotopic (exact) mass is 196 g/mol. The molecule has 2 heterocycles. The van der Waals surface area contributed by atoms with Gasteiger partial charge in [-0.15, -0.1) is 9.81 Å². The van der Waals surface area contributed by atoms with Crippen LogP contribution in [0.25, 0.3) is 11.4 Å². The van der Waals surface area contributed by atoms with E-state index in [1.165, 1.54) is 0 Å². The molecule has 0 aromatic carbocycles. The van der Waals surface area contributed by atoms with Crippen LogP contribution in [0.3, 0.4) is 0 Å². The first-order chi connectivity index (χ1) is 6.86. The number of aromatic nitrogens is 4. The first-order valence-electron chi connectivity index (χ1n) is 3.19. The molecule has 10 nitrogen and oxygen atoms in total. The van der Waals surface area contributed by atoms with Crippen molar-refractivity contribution in [3.63, 3.8) is 0 Å². The third-order valence-corrected chi connectivity index (χ3v) is 1.34. The number of rotatable bonds is 3. The van der Waals surface area contributed by atoms with Crippen molar-refractivity contribution in [1.29, 1.82) is 0 Å². The topological polar surface area (TPSA) is 137 Å². The van der Waals surface area contributed by atoms with Gasteiger partial charge in [0.1, 0.15) is 0 Å². The fourth-order valence-corrected chi connectivity index (χ4v) is 0.786. The summed E-state index contributed by atoms with van der Waals surface area (Å²) in [5.74, 6) is -0.712. The minimum Gasteiger partial charge on any atom is -0.241 e. The van der Waals surface area contributed by atoms with Gasteiger partial charge in [0.2, 0.25) is 0 Å². The highest BCUT2D eigenvalue weighted by Gasteiger charge is 2.22. The number of hydrogen-bond acceptors (Lipinski definition) is 10. The molecule has 70 valence electrons. The maximum Gasteiger partial charge on any atom is 0.269 e. The van der Waals surface area contributed by atoms with Crippen LogP contribution < -0.4 is 0 Å². The first-order valence-corrected chi connectivity index (χ1v) is 3.19. The molecule has 2 aromatic heterocycles. The number of hydrogen-bond donors (Lipinski definition) is 0. The van der Waals surface area contributed by atoms with Gasteiger partial charge in [-0.05, 0) is 31.0 Å². The van der Waals surface area contributed by atoms with Crippen LogP contribution in [0, 0.1) is 9.81 Å². The van der Waals surface area contributed by atoms with E-state index >= 15 is 0 Å². The highest BCUT2D eigenvalue weighted by molar-refractivity contribution is 5.72. The lowest BCUT2D eigenvalue weighted by molar-refractivity contribution is 0.304. The highest BCUT2D eigenvalue weighted by Crippen LogP contribution is 2.30. The van der Waals surface area contributed by atoms with Crippen LogP contribution in [-0.4, -0.2) is 20.6 Å². The molecule has 10 heteroatoms. The Labute approximate surface area is 74.2 Å². The number of nitrogens with zero attached hydrogens (tertiary/aromatic N) is 6. The maximum atomic E-state index is 10.2. The van der Waals surface area contributed by atoms with Gasteiger partial charge in [-0.1, -0.05) is 0 Å². The highest BCUT2D eigenvalue weighted by atomic mass is 16.6. The van der Waals surface area contributed by atoms with E-state index in [-0.39, 0.29) is 23.0 Å². The summed E-state index contributed by atoms with van der Waals surface area (Å²) in [7, 11) is 0. The Morgan fingerprint density at radius 1 is 0.786 bits per heavy atom. The Hall–Kier alpha value is -2.52. The van der Waals surface area contributed by atoms with E-state index < -0.39 is 0 Å². The Morgan fingerprint density at radius 2 is 1.21 bits per heavy atom. The van der Waals surface area contributed by atoms with Crippen molar-refractivity contribution in [1.82, 2.24) is 20.6 Å². The smallest absolute Gasteiger partial charge is 0.241 e. The molecule has 0 aliphatic heterocycles. The molecule has 0 saturated carbocycles. The normalized spacial score (nSPS) is 10.0. The van der Waals surface area contributed by atoms with Gasteiger partial charge in [0.05, 0.1) is 0 Å². The summed E-state index contributed by atoms with van der Waals surface area (Å²) in [6, 6.07) is 0. The van der Waals surface area contributed by atoms with Gasteiger partial charge in [-0.25, -0.2) is 9.26 Å². The van der Waals surface area contributed by atoms with Crippen LogP contribution in [0.1, 0.15) is 0 Å². The van der Waals surface area contributed by atoms with Crippen molar-refractivity contribution in [3.05, 3.63) is 9.81 Å². The zero-order valence-corrected chi connectivity index (χ0v) is 6.32. The largest absolute Gasteiger partial charge is 0.269 e. The molecule has 2 rings (SSSR count). The lowest BCUT2D eigenvalue weighted by Gasteiger charge is -1.82. The van der Waals surface area contributed by atoms with Crippen LogP contribution in [0.2, 0.25) is 0 Å². The minimum absolute atomic E-state index is 0.143. The van der Waals surface area contributed by atoms with Gasteiger partial charge < -0.3 is 0 Å². The molecule has 0 N–H and O–H groups in total. The van der Waals surface area contributed by atoms with E-state index in [9.17, 15) is 9.81 Å². The van der Waals surface area contributed by atoms with Crippen molar-refractivity contribution < 1.29 is 9.26 Å². The summed E-state index contributed by atoms with van der Waals surface area (Å²) in [5, 5.41) is 17.9. The minimum atomic E-state index is -0.356. The standard InChI is InChI=1S/C4N6O4/c11-5-3-1(7-13-9-3)2-4(6-12)10-14-8-2. The molecular weight excluding hydrogens is 196 g/mol. The molecule has 0 atom stereocenters. The molecule has 0 aliphatic carbocycles. The predicted octanol–water partition coefficient (Wildman–Crippen LogP) is 0.915. The van der Waals surface area contributed by atoms with Crippen LogP contribution in [0.15, 0.2) is 19.6 Å². The molecule has 0 spiro atoms.